The van der Waals surface area contributed by atoms with Crippen molar-refractivity contribution < 1.29 is 18.7 Å². The van der Waals surface area contributed by atoms with Gasteiger partial charge in [-0.3, -0.25) is 9.69 Å². The van der Waals surface area contributed by atoms with Crippen LogP contribution < -0.4 is 5.32 Å². The van der Waals surface area contributed by atoms with Crippen molar-refractivity contribution in [2.45, 2.75) is 12.8 Å². The summed E-state index contributed by atoms with van der Waals surface area (Å²) < 4.78 is 24.6. The molecule has 4 nitrogen and oxygen atoms in total. The van der Waals surface area contributed by atoms with E-state index in [0.29, 0.717) is 13.0 Å². The molecule has 0 heterocycles. The highest BCUT2D eigenvalue weighted by molar-refractivity contribution is 5.78. The summed E-state index contributed by atoms with van der Waals surface area (Å²) in [6, 6.07) is 9.67. The van der Waals surface area contributed by atoms with Gasteiger partial charge >= 0.3 is 0 Å². The molecule has 0 saturated heterocycles. The molecule has 0 unspecified atom stereocenters. The van der Waals surface area contributed by atoms with Gasteiger partial charge in [0.2, 0.25) is 5.91 Å². The molecule has 20 heavy (non-hydrogen) atoms. The zero-order valence-electron chi connectivity index (χ0n) is 11.3. The van der Waals surface area contributed by atoms with E-state index in [1.807, 2.05) is 30.3 Å². The van der Waals surface area contributed by atoms with Crippen LogP contribution in [-0.2, 0) is 11.2 Å². The second-order valence-corrected chi connectivity index (χ2v) is 4.44. The number of hydrogen-bond donors (Lipinski definition) is 2. The Morgan fingerprint density at radius 2 is 2.00 bits per heavy atom. The van der Waals surface area contributed by atoms with Gasteiger partial charge in [0.15, 0.2) is 0 Å². The van der Waals surface area contributed by atoms with Crippen LogP contribution in [0.3, 0.4) is 0 Å². The number of nitrogens with one attached hydrogen (secondary N) is 1. The Kier molecular flexibility index (Phi) is 7.75. The normalized spacial score (nSPS) is 11.1. The van der Waals surface area contributed by atoms with Crippen LogP contribution in [0.2, 0.25) is 0 Å². The predicted octanol–water partition coefficient (Wildman–Crippen LogP) is 0.905. The topological polar surface area (TPSA) is 52.6 Å². The fourth-order valence-electron chi connectivity index (χ4n) is 1.82. The Labute approximate surface area is 117 Å². The zero-order valence-corrected chi connectivity index (χ0v) is 11.3. The SMILES string of the molecule is O=C(CN(CCO)CC(F)F)NCCc1ccccc1. The molecule has 0 radical (unpaired) electrons. The molecular weight excluding hydrogens is 266 g/mol. The van der Waals surface area contributed by atoms with Crippen molar-refractivity contribution in [2.24, 2.45) is 0 Å². The first-order valence-corrected chi connectivity index (χ1v) is 6.54. The second-order valence-electron chi connectivity index (χ2n) is 4.44. The number of hydrogen-bond acceptors (Lipinski definition) is 3. The van der Waals surface area contributed by atoms with E-state index in [1.165, 1.54) is 4.90 Å². The molecule has 1 aromatic carbocycles. The maximum absolute atomic E-state index is 12.3. The van der Waals surface area contributed by atoms with Gasteiger partial charge in [-0.1, -0.05) is 30.3 Å². The van der Waals surface area contributed by atoms with E-state index < -0.39 is 13.0 Å². The van der Waals surface area contributed by atoms with Gasteiger partial charge in [-0.2, -0.15) is 0 Å². The van der Waals surface area contributed by atoms with Crippen LogP contribution in [0.15, 0.2) is 30.3 Å². The van der Waals surface area contributed by atoms with Gasteiger partial charge in [-0.05, 0) is 12.0 Å². The van der Waals surface area contributed by atoms with Gasteiger partial charge < -0.3 is 10.4 Å². The van der Waals surface area contributed by atoms with E-state index in [9.17, 15) is 13.6 Å². The number of nitrogens with zero attached hydrogens (tertiary/aromatic N) is 1. The number of alkyl halides is 2. The van der Waals surface area contributed by atoms with Crippen molar-refractivity contribution in [3.63, 3.8) is 0 Å². The van der Waals surface area contributed by atoms with Crippen molar-refractivity contribution in [3.05, 3.63) is 35.9 Å². The molecule has 1 rings (SSSR count). The highest BCUT2D eigenvalue weighted by Gasteiger charge is 2.14. The fraction of sp³-hybridized carbons (Fsp3) is 0.500. The molecule has 0 fully saturated rings. The molecule has 0 spiro atoms. The summed E-state index contributed by atoms with van der Waals surface area (Å²) in [5.74, 6) is -0.310. The first-order valence-electron chi connectivity index (χ1n) is 6.54. The minimum absolute atomic E-state index is 0.0659. The molecular formula is C14H20F2N2O2. The van der Waals surface area contributed by atoms with E-state index in [-0.39, 0.29) is 25.6 Å². The van der Waals surface area contributed by atoms with Crippen LogP contribution in [0.4, 0.5) is 8.78 Å². The number of benzene rings is 1. The van der Waals surface area contributed by atoms with Gasteiger partial charge in [-0.25, -0.2) is 8.78 Å². The van der Waals surface area contributed by atoms with Gasteiger partial charge in [0, 0.05) is 13.1 Å². The fourth-order valence-corrected chi connectivity index (χ4v) is 1.82. The number of aliphatic hydroxyl groups is 1. The lowest BCUT2D eigenvalue weighted by Crippen LogP contribution is -2.41. The average Bonchev–Trinajstić information content (AvgIpc) is 2.39. The van der Waals surface area contributed by atoms with Gasteiger partial charge in [0.1, 0.15) is 0 Å². The van der Waals surface area contributed by atoms with Crippen molar-refractivity contribution in [1.82, 2.24) is 10.2 Å². The molecule has 0 aliphatic heterocycles. The zero-order chi connectivity index (χ0) is 14.8. The molecule has 0 aromatic heterocycles. The number of halogens is 2. The minimum Gasteiger partial charge on any atom is -0.395 e. The lowest BCUT2D eigenvalue weighted by molar-refractivity contribution is -0.122. The number of amides is 1. The molecule has 1 amide bonds. The third kappa shape index (κ3) is 7.16. The number of rotatable bonds is 9. The molecule has 0 bridgehead atoms. The molecule has 0 aliphatic rings. The lowest BCUT2D eigenvalue weighted by Gasteiger charge is -2.20. The molecule has 2 N–H and O–H groups in total. The first kappa shape index (κ1) is 16.5. The highest BCUT2D eigenvalue weighted by atomic mass is 19.3. The molecule has 112 valence electrons. The van der Waals surface area contributed by atoms with Crippen molar-refractivity contribution in [1.29, 1.82) is 0 Å². The Hall–Kier alpha value is -1.53. The van der Waals surface area contributed by atoms with Crippen LogP contribution in [0.25, 0.3) is 0 Å². The Bertz CT molecular complexity index is 388. The van der Waals surface area contributed by atoms with E-state index >= 15 is 0 Å². The van der Waals surface area contributed by atoms with Crippen LogP contribution >= 0.6 is 0 Å². The Balaban J connectivity index is 2.27. The third-order valence-electron chi connectivity index (χ3n) is 2.76. The van der Waals surface area contributed by atoms with E-state index in [1.54, 1.807) is 0 Å². The molecule has 6 heteroatoms. The minimum atomic E-state index is -2.52. The largest absolute Gasteiger partial charge is 0.395 e. The maximum Gasteiger partial charge on any atom is 0.251 e. The Morgan fingerprint density at radius 3 is 2.60 bits per heavy atom. The van der Waals surface area contributed by atoms with Crippen LogP contribution in [0.1, 0.15) is 5.56 Å². The quantitative estimate of drug-likeness (QED) is 0.709. The van der Waals surface area contributed by atoms with E-state index in [0.717, 1.165) is 5.56 Å². The Morgan fingerprint density at radius 1 is 1.30 bits per heavy atom. The first-order chi connectivity index (χ1) is 9.61. The summed E-state index contributed by atoms with van der Waals surface area (Å²) in [4.78, 5) is 12.9. The molecule has 0 atom stereocenters. The summed E-state index contributed by atoms with van der Waals surface area (Å²) >= 11 is 0. The van der Waals surface area contributed by atoms with Gasteiger partial charge in [0.05, 0.1) is 19.7 Å². The third-order valence-corrected chi connectivity index (χ3v) is 2.76. The molecule has 1 aromatic rings. The van der Waals surface area contributed by atoms with Gasteiger partial charge in [0.25, 0.3) is 6.43 Å². The van der Waals surface area contributed by atoms with E-state index in [4.69, 9.17) is 5.11 Å². The molecule has 0 aliphatic carbocycles. The summed E-state index contributed by atoms with van der Waals surface area (Å²) in [6.45, 7) is -0.350. The molecule has 0 saturated carbocycles. The van der Waals surface area contributed by atoms with Crippen molar-refractivity contribution in [2.75, 3.05) is 32.8 Å². The second kappa shape index (κ2) is 9.39. The van der Waals surface area contributed by atoms with Gasteiger partial charge in [-0.15, -0.1) is 0 Å². The standard InChI is InChI=1S/C14H20F2N2O2/c15-13(16)10-18(8-9-19)11-14(20)17-7-6-12-4-2-1-3-5-12/h1-5,13,19H,6-11H2,(H,17,20). The van der Waals surface area contributed by atoms with Crippen LogP contribution in [0, 0.1) is 0 Å². The number of carbonyl (C=O) groups is 1. The smallest absolute Gasteiger partial charge is 0.251 e. The van der Waals surface area contributed by atoms with E-state index in [2.05, 4.69) is 5.32 Å². The number of aliphatic hydroxyl groups excluding tert-OH is 1. The monoisotopic (exact) mass is 286 g/mol. The lowest BCUT2D eigenvalue weighted by atomic mass is 10.1. The summed E-state index contributed by atoms with van der Waals surface area (Å²) in [5, 5.41) is 11.5. The van der Waals surface area contributed by atoms with Crippen LogP contribution in [-0.4, -0.2) is 55.1 Å². The van der Waals surface area contributed by atoms with Crippen LogP contribution in [0.5, 0.6) is 0 Å². The van der Waals surface area contributed by atoms with Crippen molar-refractivity contribution in [3.8, 4) is 0 Å². The number of carbonyl (C=O) groups excluding carboxylic acids is 1. The average molecular weight is 286 g/mol. The maximum atomic E-state index is 12.3. The summed E-state index contributed by atoms with van der Waals surface area (Å²) in [6.07, 6.45) is -1.82. The summed E-state index contributed by atoms with van der Waals surface area (Å²) in [5.41, 5.74) is 1.10. The summed E-state index contributed by atoms with van der Waals surface area (Å²) in [7, 11) is 0. The predicted molar refractivity (Wildman–Crippen MR) is 72.7 cm³/mol. The highest BCUT2D eigenvalue weighted by Crippen LogP contribution is 1.99. The van der Waals surface area contributed by atoms with Crippen molar-refractivity contribution >= 4 is 5.91 Å².